The summed E-state index contributed by atoms with van der Waals surface area (Å²) in [5, 5.41) is 13.1. The topological polar surface area (TPSA) is 72.9 Å². The second-order valence-corrected chi connectivity index (χ2v) is 11.8. The summed E-state index contributed by atoms with van der Waals surface area (Å²) in [5.41, 5.74) is 2.74. The number of carbonyl (C=O) groups is 2. The minimum absolute atomic E-state index is 0.0834. The molecule has 3 fully saturated rings. The lowest BCUT2D eigenvalue weighted by atomic mass is 9.51. The fourth-order valence-corrected chi connectivity index (χ4v) is 6.61. The highest BCUT2D eigenvalue weighted by Gasteiger charge is 2.53. The Labute approximate surface area is 212 Å². The first-order chi connectivity index (χ1) is 17.0. The fourth-order valence-electron chi connectivity index (χ4n) is 6.61. The van der Waals surface area contributed by atoms with E-state index in [0.29, 0.717) is 19.6 Å². The molecule has 0 aromatic heterocycles. The predicted octanol–water partition coefficient (Wildman–Crippen LogP) is 5.19. The van der Waals surface area contributed by atoms with Crippen molar-refractivity contribution < 1.29 is 19.1 Å². The van der Waals surface area contributed by atoms with E-state index in [2.05, 4.69) is 17.4 Å². The molecule has 0 unspecified atom stereocenters. The number of fused-ring (bicyclic) bond motifs is 4. The van der Waals surface area contributed by atoms with Gasteiger partial charge in [0.15, 0.2) is 0 Å². The number of rotatable bonds is 5. The first-order valence-electron chi connectivity index (χ1n) is 12.9. The van der Waals surface area contributed by atoms with E-state index in [0.717, 1.165) is 55.3 Å². The number of anilines is 1. The Morgan fingerprint density at radius 2 is 1.61 bits per heavy atom. The lowest BCUT2D eigenvalue weighted by Crippen LogP contribution is -2.53. The lowest BCUT2D eigenvalue weighted by molar-refractivity contribution is -0.150. The highest BCUT2D eigenvalue weighted by Crippen LogP contribution is 2.58. The van der Waals surface area contributed by atoms with Gasteiger partial charge in [-0.25, -0.2) is 9.18 Å². The smallest absolute Gasteiger partial charge is 0.322 e. The molecule has 0 spiro atoms. The molecule has 0 saturated heterocycles. The molecule has 36 heavy (non-hydrogen) atoms. The van der Waals surface area contributed by atoms with Gasteiger partial charge in [0.25, 0.3) is 0 Å². The molecular formula is C29H36FN3O3. The number of carbonyl (C=O) groups excluding carboxylic acids is 2. The van der Waals surface area contributed by atoms with Gasteiger partial charge in [-0.3, -0.25) is 4.79 Å². The Hall–Kier alpha value is -2.93. The van der Waals surface area contributed by atoms with Crippen LogP contribution in [-0.2, 0) is 23.3 Å². The minimum Gasteiger partial charge on any atom is -0.389 e. The number of nitrogens with one attached hydrogen (secondary N) is 1. The van der Waals surface area contributed by atoms with Gasteiger partial charge in [0.1, 0.15) is 5.82 Å². The summed E-state index contributed by atoms with van der Waals surface area (Å²) in [4.78, 5) is 29.5. The van der Waals surface area contributed by atoms with Crippen molar-refractivity contribution in [2.45, 2.75) is 76.5 Å². The summed E-state index contributed by atoms with van der Waals surface area (Å²) in [6, 6.07) is 12.6. The SMILES string of the molecule is CN(CC(C)(C)O)C(=O)C12CCC(c3ccc(NC(=O)N4Cc5ccc(F)cc5C4)cc3)(CC1)CC2. The quantitative estimate of drug-likeness (QED) is 0.602. The van der Waals surface area contributed by atoms with Crippen molar-refractivity contribution in [3.8, 4) is 0 Å². The number of amides is 3. The molecule has 1 heterocycles. The molecule has 2 aromatic carbocycles. The van der Waals surface area contributed by atoms with Gasteiger partial charge >= 0.3 is 6.03 Å². The average Bonchev–Trinajstić information content (AvgIpc) is 3.27. The van der Waals surface area contributed by atoms with E-state index < -0.39 is 5.60 Å². The Kier molecular flexibility index (Phi) is 6.10. The predicted molar refractivity (Wildman–Crippen MR) is 137 cm³/mol. The standard InChI is InChI=1S/C29H36FN3O3/c1-27(2,36)19-32(3)25(34)29-13-10-28(11-14-29,12-15-29)22-5-8-24(9-6-22)31-26(35)33-17-20-4-7-23(30)16-21(20)18-33/h4-9,16,36H,10-15,17-19H2,1-3H3,(H,31,35). The molecule has 2 N–H and O–H groups in total. The van der Waals surface area contributed by atoms with Gasteiger partial charge in [-0.2, -0.15) is 0 Å². The summed E-state index contributed by atoms with van der Waals surface area (Å²) in [5.74, 6) is -0.109. The molecule has 2 bridgehead atoms. The van der Waals surface area contributed by atoms with E-state index in [1.54, 1.807) is 36.8 Å². The van der Waals surface area contributed by atoms with Crippen molar-refractivity contribution in [1.29, 1.82) is 0 Å². The first kappa shape index (κ1) is 24.8. The number of hydrogen-bond donors (Lipinski definition) is 2. The van der Waals surface area contributed by atoms with Crippen molar-refractivity contribution in [3.05, 3.63) is 65.0 Å². The van der Waals surface area contributed by atoms with Crippen LogP contribution in [-0.4, -0.2) is 46.0 Å². The van der Waals surface area contributed by atoms with Gasteiger partial charge in [0, 0.05) is 37.8 Å². The molecule has 1 aliphatic heterocycles. The number of nitrogens with zero attached hydrogens (tertiary/aromatic N) is 2. The first-order valence-corrected chi connectivity index (χ1v) is 12.9. The summed E-state index contributed by atoms with van der Waals surface area (Å²) in [6.45, 7) is 4.70. The summed E-state index contributed by atoms with van der Waals surface area (Å²) in [6.07, 6.45) is 5.54. The molecule has 0 atom stereocenters. The van der Waals surface area contributed by atoms with E-state index in [-0.39, 0.29) is 28.6 Å². The third-order valence-electron chi connectivity index (χ3n) is 8.60. The van der Waals surface area contributed by atoms with Crippen molar-refractivity contribution in [1.82, 2.24) is 9.80 Å². The number of hydrogen-bond acceptors (Lipinski definition) is 3. The molecule has 6 rings (SSSR count). The van der Waals surface area contributed by atoms with E-state index >= 15 is 0 Å². The van der Waals surface area contributed by atoms with Gasteiger partial charge in [-0.1, -0.05) is 18.2 Å². The largest absolute Gasteiger partial charge is 0.389 e. The molecule has 6 nitrogen and oxygen atoms in total. The Morgan fingerprint density at radius 1 is 1.00 bits per heavy atom. The molecular weight excluding hydrogens is 457 g/mol. The summed E-state index contributed by atoms with van der Waals surface area (Å²) < 4.78 is 13.5. The van der Waals surface area contributed by atoms with Crippen LogP contribution in [0, 0.1) is 11.2 Å². The number of benzene rings is 2. The Morgan fingerprint density at radius 3 is 2.22 bits per heavy atom. The van der Waals surface area contributed by atoms with Crippen molar-refractivity contribution in [3.63, 3.8) is 0 Å². The van der Waals surface area contributed by atoms with Gasteiger partial charge in [-0.15, -0.1) is 0 Å². The summed E-state index contributed by atoms with van der Waals surface area (Å²) in [7, 11) is 1.80. The van der Waals surface area contributed by atoms with Gasteiger partial charge in [-0.05, 0) is 98.7 Å². The average molecular weight is 494 g/mol. The number of urea groups is 1. The number of likely N-dealkylation sites (N-methyl/N-ethyl adjacent to an activating group) is 1. The maximum atomic E-state index is 13.5. The van der Waals surface area contributed by atoms with E-state index in [9.17, 15) is 19.1 Å². The molecule has 4 aliphatic rings. The van der Waals surface area contributed by atoms with Crippen molar-refractivity contribution in [2.24, 2.45) is 5.41 Å². The van der Waals surface area contributed by atoms with Crippen LogP contribution in [0.1, 0.15) is 69.1 Å². The van der Waals surface area contributed by atoms with Crippen LogP contribution in [0.4, 0.5) is 14.9 Å². The van der Waals surface area contributed by atoms with Gasteiger partial charge in [0.2, 0.25) is 5.91 Å². The van der Waals surface area contributed by atoms with Crippen LogP contribution in [0.25, 0.3) is 0 Å². The minimum atomic E-state index is -0.901. The monoisotopic (exact) mass is 493 g/mol. The molecule has 7 heteroatoms. The second kappa shape index (κ2) is 8.87. The molecule has 3 aliphatic carbocycles. The van der Waals surface area contributed by atoms with Crippen molar-refractivity contribution in [2.75, 3.05) is 18.9 Å². The van der Waals surface area contributed by atoms with Gasteiger partial charge < -0.3 is 20.2 Å². The van der Waals surface area contributed by atoms with Crippen molar-refractivity contribution >= 4 is 17.6 Å². The molecule has 2 aromatic rings. The third kappa shape index (κ3) is 4.61. The zero-order valence-electron chi connectivity index (χ0n) is 21.4. The molecule has 3 saturated carbocycles. The maximum absolute atomic E-state index is 13.5. The normalized spacial score (nSPS) is 25.0. The number of aliphatic hydroxyl groups is 1. The van der Waals surface area contributed by atoms with E-state index in [1.165, 1.54) is 17.7 Å². The lowest BCUT2D eigenvalue weighted by Gasteiger charge is -2.53. The summed E-state index contributed by atoms with van der Waals surface area (Å²) >= 11 is 0. The highest BCUT2D eigenvalue weighted by molar-refractivity contribution is 5.89. The van der Waals surface area contributed by atoms with Crippen LogP contribution in [0.3, 0.4) is 0 Å². The Bertz CT molecular complexity index is 1150. The van der Waals surface area contributed by atoms with Crippen LogP contribution >= 0.6 is 0 Å². The van der Waals surface area contributed by atoms with E-state index in [4.69, 9.17) is 0 Å². The fraction of sp³-hybridized carbons (Fsp3) is 0.517. The van der Waals surface area contributed by atoms with Crippen LogP contribution in [0.2, 0.25) is 0 Å². The molecule has 0 radical (unpaired) electrons. The zero-order chi connectivity index (χ0) is 25.7. The number of halogens is 1. The van der Waals surface area contributed by atoms with E-state index in [1.807, 2.05) is 12.1 Å². The maximum Gasteiger partial charge on any atom is 0.322 e. The second-order valence-electron chi connectivity index (χ2n) is 11.8. The zero-order valence-corrected chi connectivity index (χ0v) is 21.4. The molecule has 3 amide bonds. The highest BCUT2D eigenvalue weighted by atomic mass is 19.1. The van der Waals surface area contributed by atoms with Crippen LogP contribution < -0.4 is 5.32 Å². The Balaban J connectivity index is 1.20. The van der Waals surface area contributed by atoms with Crippen LogP contribution in [0.15, 0.2) is 42.5 Å². The third-order valence-corrected chi connectivity index (χ3v) is 8.60. The van der Waals surface area contributed by atoms with Gasteiger partial charge in [0.05, 0.1) is 5.60 Å². The molecule has 192 valence electrons. The van der Waals surface area contributed by atoms with Crippen LogP contribution in [0.5, 0.6) is 0 Å².